The quantitative estimate of drug-likeness (QED) is 0.811. The topological polar surface area (TPSA) is 37.0 Å². The normalized spacial score (nSPS) is 17.4. The number of aromatic nitrogens is 1. The van der Waals surface area contributed by atoms with Crippen LogP contribution >= 0.6 is 23.5 Å². The van der Waals surface area contributed by atoms with Crippen molar-refractivity contribution in [2.45, 2.75) is 13.0 Å². The third kappa shape index (κ3) is 4.71. The first-order valence-electron chi connectivity index (χ1n) is 6.40. The molecule has 1 fully saturated rings. The lowest BCUT2D eigenvalue weighted by Crippen LogP contribution is -2.36. The van der Waals surface area contributed by atoms with Gasteiger partial charge in [0, 0.05) is 48.3 Å². The minimum Gasteiger partial charge on any atom is -0.369 e. The monoisotopic (exact) mass is 283 g/mol. The Hall–Kier alpha value is -0.390. The van der Waals surface area contributed by atoms with E-state index >= 15 is 0 Å². The highest BCUT2D eigenvalue weighted by atomic mass is 32.2. The zero-order valence-corrected chi connectivity index (χ0v) is 12.4. The first-order valence-corrected chi connectivity index (χ1v) is 8.71. The lowest BCUT2D eigenvalue weighted by molar-refractivity contribution is 0.617. The van der Waals surface area contributed by atoms with Gasteiger partial charge in [0.25, 0.3) is 0 Å². The van der Waals surface area contributed by atoms with E-state index in [1.165, 1.54) is 28.6 Å². The Labute approximate surface area is 118 Å². The second-order valence-electron chi connectivity index (χ2n) is 4.40. The van der Waals surface area contributed by atoms with Crippen molar-refractivity contribution < 1.29 is 0 Å². The number of hydrogen-bond acceptors (Lipinski definition) is 5. The van der Waals surface area contributed by atoms with Crippen LogP contribution in [0.25, 0.3) is 0 Å². The van der Waals surface area contributed by atoms with Crippen molar-refractivity contribution in [2.75, 3.05) is 41.4 Å². The maximum atomic E-state index is 4.33. The van der Waals surface area contributed by atoms with Crippen molar-refractivity contribution in [1.82, 2.24) is 10.3 Å². The highest BCUT2D eigenvalue weighted by Crippen LogP contribution is 2.16. The summed E-state index contributed by atoms with van der Waals surface area (Å²) in [5, 5.41) is 7.00. The molecule has 0 bridgehead atoms. The molecular formula is C13H21N3S2. The molecule has 0 amide bonds. The first-order chi connectivity index (χ1) is 8.86. The molecule has 1 aliphatic heterocycles. The SMILES string of the molecule is Cc1cccnc1NCCNC1CSCCSC1. The van der Waals surface area contributed by atoms with Gasteiger partial charge in [-0.2, -0.15) is 23.5 Å². The van der Waals surface area contributed by atoms with E-state index in [2.05, 4.69) is 52.1 Å². The van der Waals surface area contributed by atoms with Gasteiger partial charge in [-0.25, -0.2) is 4.98 Å². The molecule has 3 nitrogen and oxygen atoms in total. The van der Waals surface area contributed by atoms with E-state index in [4.69, 9.17) is 0 Å². The zero-order chi connectivity index (χ0) is 12.6. The molecule has 0 atom stereocenters. The van der Waals surface area contributed by atoms with Gasteiger partial charge in [-0.15, -0.1) is 0 Å². The molecule has 2 rings (SSSR count). The summed E-state index contributed by atoms with van der Waals surface area (Å²) in [6.45, 7) is 4.02. The molecule has 1 aromatic rings. The van der Waals surface area contributed by atoms with Crippen LogP contribution in [0.1, 0.15) is 5.56 Å². The van der Waals surface area contributed by atoms with E-state index < -0.39 is 0 Å². The predicted octanol–water partition coefficient (Wildman–Crippen LogP) is 2.24. The third-order valence-electron chi connectivity index (χ3n) is 2.87. The molecule has 0 aliphatic carbocycles. The van der Waals surface area contributed by atoms with Crippen LogP contribution in [0, 0.1) is 6.92 Å². The summed E-state index contributed by atoms with van der Waals surface area (Å²) in [5.41, 5.74) is 1.21. The Kier molecular flexibility index (Phi) is 6.17. The Morgan fingerprint density at radius 3 is 2.78 bits per heavy atom. The molecule has 2 heterocycles. The zero-order valence-electron chi connectivity index (χ0n) is 10.8. The van der Waals surface area contributed by atoms with Crippen molar-refractivity contribution in [1.29, 1.82) is 0 Å². The molecule has 0 spiro atoms. The number of nitrogens with zero attached hydrogens (tertiary/aromatic N) is 1. The van der Waals surface area contributed by atoms with Crippen LogP contribution in [-0.2, 0) is 0 Å². The Morgan fingerprint density at radius 1 is 1.28 bits per heavy atom. The van der Waals surface area contributed by atoms with Crippen molar-refractivity contribution in [3.8, 4) is 0 Å². The summed E-state index contributed by atoms with van der Waals surface area (Å²) in [7, 11) is 0. The van der Waals surface area contributed by atoms with Crippen LogP contribution in [-0.4, -0.2) is 47.1 Å². The van der Waals surface area contributed by atoms with E-state index in [1.54, 1.807) is 0 Å². The van der Waals surface area contributed by atoms with Crippen LogP contribution < -0.4 is 10.6 Å². The molecular weight excluding hydrogens is 262 g/mol. The molecule has 1 saturated heterocycles. The van der Waals surface area contributed by atoms with E-state index in [0.717, 1.165) is 18.9 Å². The molecule has 100 valence electrons. The van der Waals surface area contributed by atoms with Gasteiger partial charge in [-0.05, 0) is 18.6 Å². The summed E-state index contributed by atoms with van der Waals surface area (Å²) >= 11 is 4.13. The highest BCUT2D eigenvalue weighted by Gasteiger charge is 2.11. The van der Waals surface area contributed by atoms with Gasteiger partial charge in [-0.3, -0.25) is 0 Å². The lowest BCUT2D eigenvalue weighted by atomic mass is 10.3. The largest absolute Gasteiger partial charge is 0.369 e. The van der Waals surface area contributed by atoms with E-state index in [0.29, 0.717) is 6.04 Å². The molecule has 0 saturated carbocycles. The van der Waals surface area contributed by atoms with Gasteiger partial charge < -0.3 is 10.6 Å². The molecule has 1 aliphatic rings. The second-order valence-corrected chi connectivity index (χ2v) is 6.70. The minimum absolute atomic E-state index is 0.661. The van der Waals surface area contributed by atoms with Crippen LogP contribution in [0.4, 0.5) is 5.82 Å². The standard InChI is InChI=1S/C13H21N3S2/c1-11-3-2-4-15-13(11)16-6-5-14-12-9-17-7-8-18-10-12/h2-4,12,14H,5-10H2,1H3,(H,15,16). The van der Waals surface area contributed by atoms with Crippen LogP contribution in [0.5, 0.6) is 0 Å². The average molecular weight is 283 g/mol. The van der Waals surface area contributed by atoms with Gasteiger partial charge in [0.05, 0.1) is 0 Å². The summed E-state index contributed by atoms with van der Waals surface area (Å²) in [6, 6.07) is 4.72. The number of anilines is 1. The Bertz CT molecular complexity index is 352. The molecule has 0 radical (unpaired) electrons. The third-order valence-corrected chi connectivity index (χ3v) is 5.39. The van der Waals surface area contributed by atoms with Crippen molar-refractivity contribution in [3.63, 3.8) is 0 Å². The van der Waals surface area contributed by atoms with Crippen LogP contribution in [0.2, 0.25) is 0 Å². The van der Waals surface area contributed by atoms with Crippen molar-refractivity contribution in [3.05, 3.63) is 23.9 Å². The highest BCUT2D eigenvalue weighted by molar-refractivity contribution is 8.03. The summed E-state index contributed by atoms with van der Waals surface area (Å²) in [6.07, 6.45) is 1.83. The maximum Gasteiger partial charge on any atom is 0.128 e. The smallest absolute Gasteiger partial charge is 0.128 e. The van der Waals surface area contributed by atoms with E-state index in [1.807, 2.05) is 12.3 Å². The van der Waals surface area contributed by atoms with Crippen LogP contribution in [0.3, 0.4) is 0 Å². The molecule has 1 aromatic heterocycles. The fourth-order valence-corrected chi connectivity index (χ4v) is 4.33. The van der Waals surface area contributed by atoms with Gasteiger partial charge in [0.15, 0.2) is 0 Å². The van der Waals surface area contributed by atoms with Gasteiger partial charge >= 0.3 is 0 Å². The van der Waals surface area contributed by atoms with E-state index in [9.17, 15) is 0 Å². The summed E-state index contributed by atoms with van der Waals surface area (Å²) in [5.74, 6) is 6.09. The molecule has 0 aromatic carbocycles. The summed E-state index contributed by atoms with van der Waals surface area (Å²) in [4.78, 5) is 4.33. The predicted molar refractivity (Wildman–Crippen MR) is 83.9 cm³/mol. The summed E-state index contributed by atoms with van der Waals surface area (Å²) < 4.78 is 0. The maximum absolute atomic E-state index is 4.33. The van der Waals surface area contributed by atoms with E-state index in [-0.39, 0.29) is 0 Å². The Balaban J connectivity index is 1.65. The number of nitrogens with one attached hydrogen (secondary N) is 2. The lowest BCUT2D eigenvalue weighted by Gasteiger charge is -2.16. The number of aryl methyl sites for hydroxylation is 1. The number of hydrogen-bond donors (Lipinski definition) is 2. The molecule has 5 heteroatoms. The van der Waals surface area contributed by atoms with Crippen molar-refractivity contribution >= 4 is 29.3 Å². The number of pyridine rings is 1. The van der Waals surface area contributed by atoms with Gasteiger partial charge in [-0.1, -0.05) is 6.07 Å². The van der Waals surface area contributed by atoms with Crippen molar-refractivity contribution in [2.24, 2.45) is 0 Å². The van der Waals surface area contributed by atoms with Gasteiger partial charge in [0.2, 0.25) is 0 Å². The van der Waals surface area contributed by atoms with Gasteiger partial charge in [0.1, 0.15) is 5.82 Å². The molecule has 18 heavy (non-hydrogen) atoms. The molecule has 0 unspecified atom stereocenters. The fourth-order valence-electron chi connectivity index (χ4n) is 1.86. The average Bonchev–Trinajstić information content (AvgIpc) is 2.65. The fraction of sp³-hybridized carbons (Fsp3) is 0.615. The number of thioether (sulfide) groups is 2. The van der Waals surface area contributed by atoms with Crippen LogP contribution in [0.15, 0.2) is 18.3 Å². The Morgan fingerprint density at radius 2 is 2.06 bits per heavy atom. The molecule has 2 N–H and O–H groups in total. The minimum atomic E-state index is 0.661. The number of rotatable bonds is 5. The second kappa shape index (κ2) is 7.92. The first kappa shape index (κ1) is 14.0.